The van der Waals surface area contributed by atoms with Gasteiger partial charge in [0.05, 0.1) is 5.69 Å². The van der Waals surface area contributed by atoms with Crippen LogP contribution in [-0.4, -0.2) is 34.2 Å². The van der Waals surface area contributed by atoms with E-state index in [4.69, 9.17) is 32.7 Å². The summed E-state index contributed by atoms with van der Waals surface area (Å²) in [7, 11) is 0. The number of rotatable bonds is 8. The number of unbranched alkanes of at least 4 members (excludes halogenated alkanes) is 2. The molecule has 0 radical (unpaired) electrons. The highest BCUT2D eigenvalue weighted by molar-refractivity contribution is 6.31. The van der Waals surface area contributed by atoms with Crippen LogP contribution in [0.4, 0.5) is 4.79 Å². The highest BCUT2D eigenvalue weighted by Gasteiger charge is 2.26. The summed E-state index contributed by atoms with van der Waals surface area (Å²) in [6, 6.07) is 14.0. The zero-order valence-electron chi connectivity index (χ0n) is 20.7. The van der Waals surface area contributed by atoms with Crippen molar-refractivity contribution in [1.29, 1.82) is 0 Å². The summed E-state index contributed by atoms with van der Waals surface area (Å²) in [5, 5.41) is 3.94. The number of carbonyl (C=O) groups is 2. The Labute approximate surface area is 221 Å². The number of ether oxygens (including phenoxy) is 2. The van der Waals surface area contributed by atoms with E-state index in [1.807, 2.05) is 0 Å². The van der Waals surface area contributed by atoms with Crippen LogP contribution in [0.25, 0.3) is 22.5 Å². The number of amides is 1. The van der Waals surface area contributed by atoms with Gasteiger partial charge in [-0.3, -0.25) is 4.79 Å². The molecular weight excluding hydrogens is 501 g/mol. The van der Waals surface area contributed by atoms with Gasteiger partial charge in [0.15, 0.2) is 5.69 Å². The van der Waals surface area contributed by atoms with Gasteiger partial charge in [0.25, 0.3) is 11.8 Å². The van der Waals surface area contributed by atoms with Gasteiger partial charge in [-0.1, -0.05) is 67.2 Å². The molecule has 0 bridgehead atoms. The predicted octanol–water partition coefficient (Wildman–Crippen LogP) is 7.35. The Morgan fingerprint density at radius 1 is 0.861 bits per heavy atom. The average molecular weight is 530 g/mol. The number of hydrogen-bond donors (Lipinski definition) is 1. The van der Waals surface area contributed by atoms with Crippen LogP contribution in [0.3, 0.4) is 0 Å². The molecule has 0 unspecified atom stereocenters. The molecule has 9 heteroatoms. The van der Waals surface area contributed by atoms with Crippen molar-refractivity contribution >= 4 is 35.3 Å². The first-order valence-electron chi connectivity index (χ1n) is 11.7. The minimum Gasteiger partial charge on any atom is -0.428 e. The molecule has 1 aromatic heterocycles. The summed E-state index contributed by atoms with van der Waals surface area (Å²) in [6.07, 6.45) is 1.81. The fourth-order valence-electron chi connectivity index (χ4n) is 3.27. The van der Waals surface area contributed by atoms with Crippen molar-refractivity contribution in [2.24, 2.45) is 0 Å². The van der Waals surface area contributed by atoms with Gasteiger partial charge < -0.3 is 14.8 Å². The molecule has 0 aliphatic rings. The summed E-state index contributed by atoms with van der Waals surface area (Å²) >= 11 is 12.2. The molecular formula is C27H29Cl2N3O4. The number of hydrogen-bond acceptors (Lipinski definition) is 6. The first kappa shape index (κ1) is 27.4. The van der Waals surface area contributed by atoms with Gasteiger partial charge in [0, 0.05) is 27.7 Å². The molecule has 190 valence electrons. The van der Waals surface area contributed by atoms with Gasteiger partial charge in [-0.15, -0.1) is 0 Å². The minimum atomic E-state index is -0.988. The van der Waals surface area contributed by atoms with E-state index in [1.165, 1.54) is 0 Å². The lowest BCUT2D eigenvalue weighted by molar-refractivity contribution is 0.0195. The lowest BCUT2D eigenvalue weighted by atomic mass is 10.0. The molecule has 36 heavy (non-hydrogen) atoms. The molecule has 3 aromatic rings. The van der Waals surface area contributed by atoms with Crippen LogP contribution < -0.4 is 10.1 Å². The van der Waals surface area contributed by atoms with Crippen LogP contribution >= 0.6 is 23.2 Å². The quantitative estimate of drug-likeness (QED) is 0.242. The second kappa shape index (κ2) is 12.2. The Hall–Kier alpha value is -3.16. The number of nitrogens with one attached hydrogen (secondary N) is 1. The highest BCUT2D eigenvalue weighted by atomic mass is 35.5. The summed E-state index contributed by atoms with van der Waals surface area (Å²) in [4.78, 5) is 34.9. The van der Waals surface area contributed by atoms with E-state index in [-0.39, 0.29) is 11.6 Å². The van der Waals surface area contributed by atoms with Crippen molar-refractivity contribution in [3.8, 4) is 28.4 Å². The van der Waals surface area contributed by atoms with E-state index in [2.05, 4.69) is 22.2 Å². The van der Waals surface area contributed by atoms with Crippen LogP contribution in [0.5, 0.6) is 5.88 Å². The van der Waals surface area contributed by atoms with Crippen molar-refractivity contribution in [2.45, 2.75) is 52.6 Å². The molecule has 0 spiro atoms. The minimum absolute atomic E-state index is 0.125. The third-order valence-electron chi connectivity index (χ3n) is 4.95. The smallest absolute Gasteiger partial charge is 0.428 e. The molecule has 0 saturated carbocycles. The SMILES string of the molecule is CCCCCNC(=O)c1nc(-c2ccc(Cl)cc2)c(-c2ccc(Cl)cc2)nc1OC(=O)OC(C)(C)C. The lowest BCUT2D eigenvalue weighted by Gasteiger charge is -2.19. The molecule has 0 fully saturated rings. The maximum absolute atomic E-state index is 13.1. The van der Waals surface area contributed by atoms with Crippen LogP contribution in [0.1, 0.15) is 57.4 Å². The molecule has 2 aromatic carbocycles. The topological polar surface area (TPSA) is 90.4 Å². The van der Waals surface area contributed by atoms with Crippen molar-refractivity contribution in [1.82, 2.24) is 15.3 Å². The van der Waals surface area contributed by atoms with Gasteiger partial charge in [-0.25, -0.2) is 14.8 Å². The van der Waals surface area contributed by atoms with Crippen LogP contribution in [0.2, 0.25) is 10.0 Å². The van der Waals surface area contributed by atoms with E-state index < -0.39 is 17.7 Å². The summed E-state index contributed by atoms with van der Waals surface area (Å²) in [5.41, 5.74) is 1.25. The average Bonchev–Trinajstić information content (AvgIpc) is 2.81. The largest absolute Gasteiger partial charge is 0.515 e. The normalized spacial score (nSPS) is 11.2. The molecule has 7 nitrogen and oxygen atoms in total. The van der Waals surface area contributed by atoms with Crippen LogP contribution in [0, 0.1) is 0 Å². The molecule has 0 aliphatic carbocycles. The Morgan fingerprint density at radius 2 is 1.39 bits per heavy atom. The number of carbonyl (C=O) groups excluding carboxylic acids is 2. The Kier molecular flexibility index (Phi) is 9.29. The Balaban J connectivity index is 2.14. The lowest BCUT2D eigenvalue weighted by Crippen LogP contribution is -2.29. The maximum Gasteiger partial charge on any atom is 0.515 e. The second-order valence-corrected chi connectivity index (χ2v) is 9.99. The van der Waals surface area contributed by atoms with E-state index in [9.17, 15) is 9.59 Å². The van der Waals surface area contributed by atoms with Gasteiger partial charge in [-0.05, 0) is 51.5 Å². The van der Waals surface area contributed by atoms with Gasteiger partial charge in [0.1, 0.15) is 11.3 Å². The fourth-order valence-corrected chi connectivity index (χ4v) is 3.52. The third-order valence-corrected chi connectivity index (χ3v) is 5.45. The zero-order chi connectivity index (χ0) is 26.3. The molecule has 1 N–H and O–H groups in total. The van der Waals surface area contributed by atoms with Crippen LogP contribution in [0.15, 0.2) is 48.5 Å². The fraction of sp³-hybridized carbons (Fsp3) is 0.333. The summed E-state index contributed by atoms with van der Waals surface area (Å²) in [6.45, 7) is 7.67. The Bertz CT molecular complexity index is 1210. The highest BCUT2D eigenvalue weighted by Crippen LogP contribution is 2.33. The van der Waals surface area contributed by atoms with Crippen molar-refractivity contribution in [2.75, 3.05) is 6.54 Å². The standard InChI is InChI=1S/C27H29Cl2N3O4/c1-5-6-7-16-30-24(33)23-25(35-26(34)36-27(2,3)4)32-22(18-10-14-20(29)15-11-18)21(31-23)17-8-12-19(28)13-9-17/h8-15H,5-7,16H2,1-4H3,(H,30,33). The van der Waals surface area contributed by atoms with E-state index in [0.29, 0.717) is 39.1 Å². The Morgan fingerprint density at radius 3 is 1.89 bits per heavy atom. The molecule has 0 atom stereocenters. The van der Waals surface area contributed by atoms with E-state index in [1.54, 1.807) is 69.3 Å². The van der Waals surface area contributed by atoms with Crippen LogP contribution in [-0.2, 0) is 4.74 Å². The van der Waals surface area contributed by atoms with Crippen molar-refractivity contribution < 1.29 is 19.1 Å². The molecule has 0 aliphatic heterocycles. The van der Waals surface area contributed by atoms with Gasteiger partial charge in [0.2, 0.25) is 0 Å². The monoisotopic (exact) mass is 529 g/mol. The predicted molar refractivity (Wildman–Crippen MR) is 142 cm³/mol. The first-order valence-corrected chi connectivity index (χ1v) is 12.5. The number of halogens is 2. The molecule has 1 amide bonds. The molecule has 0 saturated heterocycles. The van der Waals surface area contributed by atoms with Gasteiger partial charge in [-0.2, -0.15) is 0 Å². The van der Waals surface area contributed by atoms with Crippen molar-refractivity contribution in [3.63, 3.8) is 0 Å². The van der Waals surface area contributed by atoms with E-state index in [0.717, 1.165) is 19.3 Å². The molecule has 3 rings (SSSR count). The number of aromatic nitrogens is 2. The van der Waals surface area contributed by atoms with Crippen molar-refractivity contribution in [3.05, 3.63) is 64.3 Å². The maximum atomic E-state index is 13.1. The summed E-state index contributed by atoms with van der Waals surface area (Å²) in [5.74, 6) is -0.755. The number of benzene rings is 2. The molecule has 1 heterocycles. The summed E-state index contributed by atoms with van der Waals surface area (Å²) < 4.78 is 10.7. The first-order chi connectivity index (χ1) is 17.1. The second-order valence-electron chi connectivity index (χ2n) is 9.12. The number of nitrogens with zero attached hydrogens (tertiary/aromatic N) is 2. The van der Waals surface area contributed by atoms with Gasteiger partial charge >= 0.3 is 6.16 Å². The third kappa shape index (κ3) is 7.67. The zero-order valence-corrected chi connectivity index (χ0v) is 22.2. The van der Waals surface area contributed by atoms with E-state index >= 15 is 0 Å².